The number of hydrogen-bond acceptors (Lipinski definition) is 6. The van der Waals surface area contributed by atoms with Crippen molar-refractivity contribution in [3.8, 4) is 11.3 Å². The summed E-state index contributed by atoms with van der Waals surface area (Å²) >= 11 is 0. The quantitative estimate of drug-likeness (QED) is 0.535. The molecule has 30 heavy (non-hydrogen) atoms. The average molecular weight is 425 g/mol. The molecular weight excluding hydrogens is 400 g/mol. The van der Waals surface area contributed by atoms with Crippen LogP contribution in [0.4, 0.5) is 0 Å². The highest BCUT2D eigenvalue weighted by Gasteiger charge is 2.36. The SMILES string of the molecule is Cc1ccc(S(=O)(=O)OCC2CC(n3cc(-c4cccnn4)c(C4CC4)n3)C2)cc1. The molecule has 7 nitrogen and oxygen atoms in total. The minimum Gasteiger partial charge on any atom is -0.269 e. The number of nitrogens with zero attached hydrogens (tertiary/aromatic N) is 4. The van der Waals surface area contributed by atoms with Gasteiger partial charge in [0.05, 0.1) is 28.9 Å². The molecule has 2 aliphatic carbocycles. The molecule has 0 spiro atoms. The van der Waals surface area contributed by atoms with Crippen molar-refractivity contribution in [3.63, 3.8) is 0 Å². The standard InChI is InChI=1S/C22H24N4O3S/c1-15-4-8-19(9-5-15)30(27,28)29-14-16-11-18(12-16)26-13-20(21-3-2-10-23-24-21)22(25-26)17-6-7-17/h2-5,8-10,13,16-18H,6-7,11-12,14H2,1H3. The van der Waals surface area contributed by atoms with E-state index < -0.39 is 10.1 Å². The van der Waals surface area contributed by atoms with E-state index in [9.17, 15) is 8.42 Å². The maximum absolute atomic E-state index is 12.4. The van der Waals surface area contributed by atoms with Crippen LogP contribution >= 0.6 is 0 Å². The minimum absolute atomic E-state index is 0.207. The number of aromatic nitrogens is 4. The number of aryl methyl sites for hydroxylation is 1. The van der Waals surface area contributed by atoms with E-state index in [2.05, 4.69) is 16.4 Å². The summed E-state index contributed by atoms with van der Waals surface area (Å²) in [5.41, 5.74) is 4.04. The van der Waals surface area contributed by atoms with E-state index in [0.717, 1.165) is 35.4 Å². The van der Waals surface area contributed by atoms with Gasteiger partial charge in [0.1, 0.15) is 0 Å². The van der Waals surface area contributed by atoms with E-state index in [0.29, 0.717) is 5.92 Å². The molecule has 0 saturated heterocycles. The van der Waals surface area contributed by atoms with Gasteiger partial charge in [0.2, 0.25) is 0 Å². The van der Waals surface area contributed by atoms with Gasteiger partial charge in [0.25, 0.3) is 10.1 Å². The lowest BCUT2D eigenvalue weighted by Crippen LogP contribution is -2.31. The Morgan fingerprint density at radius 2 is 1.90 bits per heavy atom. The van der Waals surface area contributed by atoms with Crippen LogP contribution in [0.1, 0.15) is 48.9 Å². The van der Waals surface area contributed by atoms with Gasteiger partial charge in [-0.2, -0.15) is 23.7 Å². The Kier molecular flexibility index (Phi) is 4.91. The second-order valence-electron chi connectivity index (χ2n) is 8.33. The van der Waals surface area contributed by atoms with Crippen molar-refractivity contribution in [2.24, 2.45) is 5.92 Å². The lowest BCUT2D eigenvalue weighted by Gasteiger charge is -2.34. The van der Waals surface area contributed by atoms with Gasteiger partial charge in [0, 0.05) is 23.9 Å². The van der Waals surface area contributed by atoms with Gasteiger partial charge in [0.15, 0.2) is 0 Å². The van der Waals surface area contributed by atoms with Crippen molar-refractivity contribution in [1.82, 2.24) is 20.0 Å². The molecule has 2 fully saturated rings. The molecule has 0 bridgehead atoms. The van der Waals surface area contributed by atoms with Crippen LogP contribution in [0.15, 0.2) is 53.7 Å². The number of hydrogen-bond donors (Lipinski definition) is 0. The van der Waals surface area contributed by atoms with Crippen LogP contribution in [0.2, 0.25) is 0 Å². The zero-order chi connectivity index (χ0) is 20.7. The van der Waals surface area contributed by atoms with E-state index in [-0.39, 0.29) is 23.5 Å². The molecular formula is C22H24N4O3S. The van der Waals surface area contributed by atoms with E-state index >= 15 is 0 Å². The van der Waals surface area contributed by atoms with Gasteiger partial charge in [-0.25, -0.2) is 0 Å². The molecule has 2 aromatic heterocycles. The molecule has 0 amide bonds. The molecule has 0 radical (unpaired) electrons. The second kappa shape index (κ2) is 7.59. The molecule has 0 unspecified atom stereocenters. The summed E-state index contributed by atoms with van der Waals surface area (Å²) in [7, 11) is -3.71. The van der Waals surface area contributed by atoms with Crippen molar-refractivity contribution in [1.29, 1.82) is 0 Å². The van der Waals surface area contributed by atoms with Crippen LogP contribution in [-0.4, -0.2) is 35.0 Å². The minimum atomic E-state index is -3.71. The van der Waals surface area contributed by atoms with Crippen molar-refractivity contribution in [2.75, 3.05) is 6.61 Å². The summed E-state index contributed by atoms with van der Waals surface area (Å²) in [6, 6.07) is 10.9. The van der Waals surface area contributed by atoms with Crippen molar-refractivity contribution in [3.05, 3.63) is 60.0 Å². The zero-order valence-electron chi connectivity index (χ0n) is 16.8. The first kappa shape index (κ1) is 19.4. The molecule has 8 heteroatoms. The smallest absolute Gasteiger partial charge is 0.269 e. The Morgan fingerprint density at radius 3 is 2.57 bits per heavy atom. The fourth-order valence-corrected chi connectivity index (χ4v) is 4.88. The largest absolute Gasteiger partial charge is 0.296 e. The summed E-state index contributed by atoms with van der Waals surface area (Å²) < 4.78 is 32.1. The summed E-state index contributed by atoms with van der Waals surface area (Å²) in [6.45, 7) is 2.13. The van der Waals surface area contributed by atoms with Crippen LogP contribution in [0.3, 0.4) is 0 Å². The van der Waals surface area contributed by atoms with Crippen LogP contribution < -0.4 is 0 Å². The Labute approximate surface area is 176 Å². The maximum atomic E-state index is 12.4. The van der Waals surface area contributed by atoms with Crippen LogP contribution in [0.25, 0.3) is 11.3 Å². The lowest BCUT2D eigenvalue weighted by atomic mass is 9.81. The second-order valence-corrected chi connectivity index (χ2v) is 9.95. The van der Waals surface area contributed by atoms with Crippen molar-refractivity contribution < 1.29 is 12.6 Å². The molecule has 2 aliphatic rings. The molecule has 1 aromatic carbocycles. The van der Waals surface area contributed by atoms with Crippen molar-refractivity contribution in [2.45, 2.75) is 49.5 Å². The average Bonchev–Trinajstić information content (AvgIpc) is 3.47. The summed E-state index contributed by atoms with van der Waals surface area (Å²) in [5, 5.41) is 13.1. The first-order valence-corrected chi connectivity index (χ1v) is 11.7. The third-order valence-electron chi connectivity index (χ3n) is 5.93. The molecule has 5 rings (SSSR count). The topological polar surface area (TPSA) is 87.0 Å². The number of benzene rings is 1. The normalized spacial score (nSPS) is 21.4. The molecule has 2 saturated carbocycles. The summed E-state index contributed by atoms with van der Waals surface area (Å²) in [5.74, 6) is 0.728. The molecule has 0 aliphatic heterocycles. The zero-order valence-corrected chi connectivity index (χ0v) is 17.6. The third kappa shape index (κ3) is 3.89. The first-order valence-electron chi connectivity index (χ1n) is 10.3. The van der Waals surface area contributed by atoms with E-state index in [1.54, 1.807) is 30.5 Å². The molecule has 0 atom stereocenters. The summed E-state index contributed by atoms with van der Waals surface area (Å²) in [6.07, 6.45) is 7.79. The molecule has 156 valence electrons. The fourth-order valence-electron chi connectivity index (χ4n) is 3.90. The molecule has 2 heterocycles. The van der Waals surface area contributed by atoms with E-state index in [4.69, 9.17) is 9.28 Å². The third-order valence-corrected chi connectivity index (χ3v) is 7.22. The van der Waals surface area contributed by atoms with Crippen molar-refractivity contribution >= 4 is 10.1 Å². The molecule has 0 N–H and O–H groups in total. The van der Waals surface area contributed by atoms with E-state index in [1.807, 2.05) is 23.7 Å². The Hall–Kier alpha value is -2.58. The summed E-state index contributed by atoms with van der Waals surface area (Å²) in [4.78, 5) is 0.207. The maximum Gasteiger partial charge on any atom is 0.296 e. The Bertz CT molecular complexity index is 1130. The van der Waals surface area contributed by atoms with Gasteiger partial charge < -0.3 is 0 Å². The highest BCUT2D eigenvalue weighted by Crippen LogP contribution is 2.45. The Balaban J connectivity index is 1.22. The van der Waals surface area contributed by atoms with Crippen LogP contribution in [0.5, 0.6) is 0 Å². The van der Waals surface area contributed by atoms with E-state index in [1.165, 1.54) is 12.8 Å². The monoisotopic (exact) mass is 424 g/mol. The lowest BCUT2D eigenvalue weighted by molar-refractivity contribution is 0.120. The fraction of sp³-hybridized carbons (Fsp3) is 0.409. The molecule has 3 aromatic rings. The highest BCUT2D eigenvalue weighted by atomic mass is 32.2. The van der Waals surface area contributed by atoms with Gasteiger partial charge in [-0.3, -0.25) is 8.86 Å². The van der Waals surface area contributed by atoms with Crippen LogP contribution in [0, 0.1) is 12.8 Å². The Morgan fingerprint density at radius 1 is 1.13 bits per heavy atom. The van der Waals surface area contributed by atoms with Gasteiger partial charge in [-0.05, 0) is 62.8 Å². The predicted molar refractivity (Wildman–Crippen MR) is 111 cm³/mol. The van der Waals surface area contributed by atoms with Gasteiger partial charge in [-0.1, -0.05) is 17.7 Å². The predicted octanol–water partition coefficient (Wildman–Crippen LogP) is 3.88. The highest BCUT2D eigenvalue weighted by molar-refractivity contribution is 7.86. The first-order chi connectivity index (χ1) is 14.5. The van der Waals surface area contributed by atoms with Gasteiger partial charge in [-0.15, -0.1) is 0 Å². The number of rotatable bonds is 7. The van der Waals surface area contributed by atoms with Crippen LogP contribution in [-0.2, 0) is 14.3 Å². The van der Waals surface area contributed by atoms with Gasteiger partial charge >= 0.3 is 0 Å².